The van der Waals surface area contributed by atoms with Crippen LogP contribution in [0.4, 0.5) is 5.69 Å². The molecule has 0 aliphatic rings. The summed E-state index contributed by atoms with van der Waals surface area (Å²) in [4.78, 5) is 2.02. The molecular weight excluding hydrogens is 224 g/mol. The highest BCUT2D eigenvalue weighted by atomic mass is 16.3. The molecule has 94 valence electrons. The number of hydrogen-bond donors (Lipinski definition) is 1. The molecule has 3 heteroatoms. The number of benzene rings is 1. The van der Waals surface area contributed by atoms with E-state index in [1.54, 1.807) is 25.1 Å². The minimum atomic E-state index is -0.579. The Kier molecular flexibility index (Phi) is 5.24. The number of anilines is 1. The van der Waals surface area contributed by atoms with Gasteiger partial charge in [0, 0.05) is 17.8 Å². The first kappa shape index (κ1) is 14.1. The number of rotatable bonds is 5. The number of hydrogen-bond acceptors (Lipinski definition) is 3. The summed E-state index contributed by atoms with van der Waals surface area (Å²) in [5, 5.41) is 18.8. The molecule has 0 aliphatic heterocycles. The molecule has 0 saturated heterocycles. The molecule has 1 atom stereocenters. The molecule has 1 N–H and O–H groups in total. The van der Waals surface area contributed by atoms with Crippen molar-refractivity contribution >= 4 is 5.69 Å². The van der Waals surface area contributed by atoms with E-state index in [4.69, 9.17) is 11.7 Å². The predicted octanol–water partition coefficient (Wildman–Crippen LogP) is 2.46. The topological polar surface area (TPSA) is 47.3 Å². The van der Waals surface area contributed by atoms with Gasteiger partial charge in [-0.2, -0.15) is 5.26 Å². The monoisotopic (exact) mass is 242 g/mol. The number of terminal acetylenes is 1. The maximum atomic E-state index is 9.79. The van der Waals surface area contributed by atoms with E-state index >= 15 is 0 Å². The normalized spacial score (nSPS) is 11.4. The van der Waals surface area contributed by atoms with Gasteiger partial charge in [0.2, 0.25) is 0 Å². The molecule has 0 aromatic heterocycles. The fraction of sp³-hybridized carbons (Fsp3) is 0.400. The molecular formula is C15H18N2O. The van der Waals surface area contributed by atoms with Gasteiger partial charge in [-0.25, -0.2) is 0 Å². The first-order chi connectivity index (χ1) is 8.63. The summed E-state index contributed by atoms with van der Waals surface area (Å²) < 4.78 is 0. The molecule has 0 unspecified atom stereocenters. The molecule has 0 aliphatic carbocycles. The minimum absolute atomic E-state index is 0.475. The van der Waals surface area contributed by atoms with Crippen LogP contribution in [-0.4, -0.2) is 18.2 Å². The summed E-state index contributed by atoms with van der Waals surface area (Å²) >= 11 is 0. The van der Waals surface area contributed by atoms with E-state index < -0.39 is 6.10 Å². The third-order valence-electron chi connectivity index (χ3n) is 2.73. The van der Waals surface area contributed by atoms with Gasteiger partial charge in [0.1, 0.15) is 0 Å². The van der Waals surface area contributed by atoms with Crippen LogP contribution in [0.25, 0.3) is 0 Å². The number of nitrogens with zero attached hydrogens (tertiary/aromatic N) is 2. The van der Waals surface area contributed by atoms with Gasteiger partial charge in [-0.15, -0.1) is 6.42 Å². The summed E-state index contributed by atoms with van der Waals surface area (Å²) in [5.74, 6) is 2.62. The summed E-state index contributed by atoms with van der Waals surface area (Å²) in [6, 6.07) is 7.40. The lowest BCUT2D eigenvalue weighted by Crippen LogP contribution is -2.26. The summed E-state index contributed by atoms with van der Waals surface area (Å²) in [7, 11) is 0. The molecule has 1 aromatic rings. The summed E-state index contributed by atoms with van der Waals surface area (Å²) in [6.07, 6.45) is 5.75. The van der Waals surface area contributed by atoms with Crippen molar-refractivity contribution in [3.05, 3.63) is 29.3 Å². The molecule has 1 rings (SSSR count). The second-order valence-electron chi connectivity index (χ2n) is 4.19. The van der Waals surface area contributed by atoms with Crippen molar-refractivity contribution in [3.8, 4) is 18.4 Å². The van der Waals surface area contributed by atoms with Crippen molar-refractivity contribution in [2.24, 2.45) is 0 Å². The summed E-state index contributed by atoms with van der Waals surface area (Å²) in [5.41, 5.74) is 2.23. The smallest absolute Gasteiger partial charge is 0.0992 e. The zero-order chi connectivity index (χ0) is 13.5. The Morgan fingerprint density at radius 2 is 2.22 bits per heavy atom. The van der Waals surface area contributed by atoms with E-state index in [1.165, 1.54) is 0 Å². The molecule has 3 nitrogen and oxygen atoms in total. The van der Waals surface area contributed by atoms with Gasteiger partial charge in [0.15, 0.2) is 0 Å². The fourth-order valence-electron chi connectivity index (χ4n) is 1.91. The van der Waals surface area contributed by atoms with E-state index in [0.29, 0.717) is 12.1 Å². The Morgan fingerprint density at radius 3 is 2.72 bits per heavy atom. The van der Waals surface area contributed by atoms with Crippen molar-refractivity contribution in [1.29, 1.82) is 5.26 Å². The average Bonchev–Trinajstić information content (AvgIpc) is 2.37. The third kappa shape index (κ3) is 3.26. The zero-order valence-electron chi connectivity index (χ0n) is 10.8. The van der Waals surface area contributed by atoms with Gasteiger partial charge in [-0.3, -0.25) is 0 Å². The van der Waals surface area contributed by atoms with Crippen LogP contribution in [0.3, 0.4) is 0 Å². The SMILES string of the molecule is C#CCN(CCC)c1cc(C#N)ccc1[C@H](C)O. The van der Waals surface area contributed by atoms with Crippen molar-refractivity contribution in [1.82, 2.24) is 0 Å². The second-order valence-corrected chi connectivity index (χ2v) is 4.19. The maximum absolute atomic E-state index is 9.79. The van der Waals surface area contributed by atoms with Crippen LogP contribution in [-0.2, 0) is 0 Å². The number of nitriles is 1. The van der Waals surface area contributed by atoms with Crippen molar-refractivity contribution in [2.45, 2.75) is 26.4 Å². The molecule has 0 radical (unpaired) electrons. The summed E-state index contributed by atoms with van der Waals surface area (Å²) in [6.45, 7) is 5.06. The van der Waals surface area contributed by atoms with Crippen LogP contribution in [0.15, 0.2) is 18.2 Å². The van der Waals surface area contributed by atoms with Crippen LogP contribution in [0.2, 0.25) is 0 Å². The Hall–Kier alpha value is -1.97. The highest BCUT2D eigenvalue weighted by molar-refractivity contribution is 5.59. The molecule has 0 bridgehead atoms. The van der Waals surface area contributed by atoms with Gasteiger partial charge in [0.25, 0.3) is 0 Å². The molecule has 0 fully saturated rings. The van der Waals surface area contributed by atoms with Crippen molar-refractivity contribution < 1.29 is 5.11 Å². The molecule has 0 heterocycles. The molecule has 1 aromatic carbocycles. The van der Waals surface area contributed by atoms with Gasteiger partial charge in [-0.05, 0) is 25.5 Å². The van der Waals surface area contributed by atoms with E-state index in [-0.39, 0.29) is 0 Å². The lowest BCUT2D eigenvalue weighted by atomic mass is 10.0. The maximum Gasteiger partial charge on any atom is 0.0992 e. The average molecular weight is 242 g/mol. The van der Waals surface area contributed by atoms with Crippen LogP contribution < -0.4 is 4.90 Å². The quantitative estimate of drug-likeness (QED) is 0.807. The fourth-order valence-corrected chi connectivity index (χ4v) is 1.91. The molecule has 18 heavy (non-hydrogen) atoms. The van der Waals surface area contributed by atoms with Gasteiger partial charge in [0.05, 0.1) is 24.3 Å². The lowest BCUT2D eigenvalue weighted by molar-refractivity contribution is 0.199. The van der Waals surface area contributed by atoms with Gasteiger partial charge in [-0.1, -0.05) is 18.9 Å². The predicted molar refractivity (Wildman–Crippen MR) is 73.1 cm³/mol. The van der Waals surface area contributed by atoms with E-state index in [2.05, 4.69) is 18.9 Å². The molecule has 0 saturated carbocycles. The third-order valence-corrected chi connectivity index (χ3v) is 2.73. The van der Waals surface area contributed by atoms with Crippen LogP contribution in [0.5, 0.6) is 0 Å². The van der Waals surface area contributed by atoms with Crippen molar-refractivity contribution in [3.63, 3.8) is 0 Å². The van der Waals surface area contributed by atoms with Crippen LogP contribution in [0.1, 0.15) is 37.5 Å². The highest BCUT2D eigenvalue weighted by Crippen LogP contribution is 2.27. The number of aliphatic hydroxyl groups excluding tert-OH is 1. The number of aliphatic hydroxyl groups is 1. The molecule has 0 spiro atoms. The Bertz CT molecular complexity index is 480. The largest absolute Gasteiger partial charge is 0.389 e. The Morgan fingerprint density at radius 1 is 1.50 bits per heavy atom. The Labute approximate surface area is 109 Å². The minimum Gasteiger partial charge on any atom is -0.389 e. The zero-order valence-corrected chi connectivity index (χ0v) is 10.8. The highest BCUT2D eigenvalue weighted by Gasteiger charge is 2.14. The standard InChI is InChI=1S/C15H18N2O/c1-4-8-17(9-5-2)15-10-13(11-16)6-7-14(15)12(3)18/h1,6-7,10,12,18H,5,8-9H2,2-3H3/t12-/m0/s1. The molecule has 0 amide bonds. The second kappa shape index (κ2) is 6.69. The van der Waals surface area contributed by atoms with Crippen LogP contribution >= 0.6 is 0 Å². The van der Waals surface area contributed by atoms with Gasteiger partial charge < -0.3 is 10.0 Å². The first-order valence-electron chi connectivity index (χ1n) is 6.04. The van der Waals surface area contributed by atoms with Crippen molar-refractivity contribution in [2.75, 3.05) is 18.0 Å². The van der Waals surface area contributed by atoms with E-state index in [9.17, 15) is 5.11 Å². The van der Waals surface area contributed by atoms with E-state index in [1.807, 2.05) is 4.90 Å². The lowest BCUT2D eigenvalue weighted by Gasteiger charge is -2.25. The van der Waals surface area contributed by atoms with Crippen LogP contribution in [0, 0.1) is 23.7 Å². The van der Waals surface area contributed by atoms with E-state index in [0.717, 1.165) is 24.2 Å². The Balaban J connectivity index is 3.24. The first-order valence-corrected chi connectivity index (χ1v) is 6.04. The van der Waals surface area contributed by atoms with Gasteiger partial charge >= 0.3 is 0 Å².